The molecule has 0 rings (SSSR count). The Bertz CT molecular complexity index is 673. The third-order valence-electron chi connectivity index (χ3n) is 4.65. The molecule has 168 valence electrons. The van der Waals surface area contributed by atoms with E-state index in [-0.39, 0.29) is 5.97 Å². The number of hydrogen-bond donors (Lipinski definition) is 0. The van der Waals surface area contributed by atoms with Crippen molar-refractivity contribution in [2.24, 2.45) is 0 Å². The fourth-order valence-electron chi connectivity index (χ4n) is 2.68. The fourth-order valence-corrected chi connectivity index (χ4v) is 2.68. The lowest BCUT2D eigenvalue weighted by Gasteiger charge is -2.07. The minimum atomic E-state index is -0.224. The van der Waals surface area contributed by atoms with Gasteiger partial charge in [-0.2, -0.15) is 0 Å². The summed E-state index contributed by atoms with van der Waals surface area (Å²) in [6.45, 7) is 15.2. The average molecular weight is 413 g/mol. The number of hydrogen-bond acceptors (Lipinski definition) is 2. The number of ether oxygens (including phenoxy) is 1. The number of carbonyl (C=O) groups is 1. The molecule has 0 aromatic heterocycles. The first-order valence-corrected chi connectivity index (χ1v) is 11.4. The van der Waals surface area contributed by atoms with Gasteiger partial charge in [-0.25, -0.2) is 4.79 Å². The molecule has 2 nitrogen and oxygen atoms in total. The van der Waals surface area contributed by atoms with Crippen molar-refractivity contribution in [1.82, 2.24) is 0 Å². The van der Waals surface area contributed by atoms with E-state index in [1.807, 2.05) is 18.2 Å². The minimum absolute atomic E-state index is 0.224. The van der Waals surface area contributed by atoms with Gasteiger partial charge in [0.15, 0.2) is 0 Å². The van der Waals surface area contributed by atoms with Crippen LogP contribution < -0.4 is 0 Å². The molecule has 0 aliphatic rings. The molecule has 0 aromatic carbocycles. The molecule has 0 atom stereocenters. The summed E-state index contributed by atoms with van der Waals surface area (Å²) in [6, 6.07) is 0. The standard InChI is InChI=1S/C28H44O2/c1-8-9-10-11-18-27(20-19-25(6)16-12-14-23(2)3)28(29)30-22-21-26(7)17-13-15-24(4)5/h10-11,14-15,18-19,21H,8-9,12-13,16-17,20,22H2,1-7H3. The third-order valence-corrected chi connectivity index (χ3v) is 4.65. The highest BCUT2D eigenvalue weighted by Gasteiger charge is 2.09. The summed E-state index contributed by atoms with van der Waals surface area (Å²) in [5, 5.41) is 0. The van der Waals surface area contributed by atoms with Crippen molar-refractivity contribution in [3.05, 3.63) is 70.4 Å². The average Bonchev–Trinajstić information content (AvgIpc) is 2.66. The Balaban J connectivity index is 4.88. The van der Waals surface area contributed by atoms with E-state index < -0.39 is 0 Å². The van der Waals surface area contributed by atoms with Crippen LogP contribution in [0.25, 0.3) is 0 Å². The Morgan fingerprint density at radius 1 is 0.767 bits per heavy atom. The monoisotopic (exact) mass is 412 g/mol. The zero-order valence-electron chi connectivity index (χ0n) is 20.5. The molecular formula is C28H44O2. The zero-order valence-corrected chi connectivity index (χ0v) is 20.5. The van der Waals surface area contributed by atoms with Crippen molar-refractivity contribution < 1.29 is 9.53 Å². The summed E-state index contributed by atoms with van der Waals surface area (Å²) in [4.78, 5) is 12.6. The van der Waals surface area contributed by atoms with Crippen molar-refractivity contribution in [2.45, 2.75) is 93.4 Å². The van der Waals surface area contributed by atoms with Gasteiger partial charge < -0.3 is 4.74 Å². The Morgan fingerprint density at radius 2 is 1.33 bits per heavy atom. The predicted octanol–water partition coefficient (Wildman–Crippen LogP) is 8.59. The van der Waals surface area contributed by atoms with E-state index in [1.165, 1.54) is 22.3 Å². The van der Waals surface area contributed by atoms with Gasteiger partial charge in [0, 0.05) is 5.57 Å². The predicted molar refractivity (Wildman–Crippen MR) is 133 cm³/mol. The second-order valence-electron chi connectivity index (χ2n) is 8.45. The van der Waals surface area contributed by atoms with Crippen molar-refractivity contribution in [2.75, 3.05) is 6.61 Å². The molecule has 0 aliphatic heterocycles. The van der Waals surface area contributed by atoms with Gasteiger partial charge in [-0.3, -0.25) is 0 Å². The van der Waals surface area contributed by atoms with Crippen LogP contribution in [0.15, 0.2) is 70.4 Å². The minimum Gasteiger partial charge on any atom is -0.458 e. The Kier molecular flexibility index (Phi) is 16.5. The molecule has 0 amide bonds. The highest BCUT2D eigenvalue weighted by Crippen LogP contribution is 2.13. The van der Waals surface area contributed by atoms with Gasteiger partial charge in [0.2, 0.25) is 0 Å². The smallest absolute Gasteiger partial charge is 0.334 e. The molecule has 0 heterocycles. The zero-order chi connectivity index (χ0) is 22.8. The molecule has 0 spiro atoms. The first-order valence-electron chi connectivity index (χ1n) is 11.4. The van der Waals surface area contributed by atoms with Crippen LogP contribution in [0.2, 0.25) is 0 Å². The highest BCUT2D eigenvalue weighted by atomic mass is 16.5. The molecule has 30 heavy (non-hydrogen) atoms. The summed E-state index contributed by atoms with van der Waals surface area (Å²) in [6.07, 6.45) is 21.5. The molecule has 0 aliphatic carbocycles. The molecule has 2 heteroatoms. The van der Waals surface area contributed by atoms with Crippen molar-refractivity contribution >= 4 is 5.97 Å². The number of unbranched alkanes of at least 4 members (excludes halogenated alkanes) is 1. The van der Waals surface area contributed by atoms with E-state index in [0.29, 0.717) is 18.6 Å². The molecule has 0 aromatic rings. The summed E-state index contributed by atoms with van der Waals surface area (Å²) >= 11 is 0. The lowest BCUT2D eigenvalue weighted by Crippen LogP contribution is -2.08. The molecule has 0 fully saturated rings. The van der Waals surface area contributed by atoms with Crippen molar-refractivity contribution in [3.63, 3.8) is 0 Å². The molecule has 0 bridgehead atoms. The van der Waals surface area contributed by atoms with E-state index in [1.54, 1.807) is 0 Å². The first kappa shape index (κ1) is 27.9. The number of carbonyl (C=O) groups excluding carboxylic acids is 1. The molecule has 0 radical (unpaired) electrons. The maximum Gasteiger partial charge on any atom is 0.334 e. The molecular weight excluding hydrogens is 368 g/mol. The van der Waals surface area contributed by atoms with Gasteiger partial charge in [-0.05, 0) is 86.1 Å². The third kappa shape index (κ3) is 16.8. The van der Waals surface area contributed by atoms with Gasteiger partial charge >= 0.3 is 5.97 Å². The van der Waals surface area contributed by atoms with Crippen molar-refractivity contribution in [3.8, 4) is 0 Å². The first-order chi connectivity index (χ1) is 14.3. The number of esters is 1. The van der Waals surface area contributed by atoms with Crippen LogP contribution in [-0.2, 0) is 9.53 Å². The van der Waals surface area contributed by atoms with Crippen LogP contribution in [0.4, 0.5) is 0 Å². The van der Waals surface area contributed by atoms with E-state index in [2.05, 4.69) is 72.8 Å². The van der Waals surface area contributed by atoms with Gasteiger partial charge in [-0.15, -0.1) is 0 Å². The molecule has 0 saturated heterocycles. The van der Waals surface area contributed by atoms with Gasteiger partial charge in [0.05, 0.1) is 0 Å². The van der Waals surface area contributed by atoms with E-state index >= 15 is 0 Å². The lowest BCUT2D eigenvalue weighted by atomic mass is 10.1. The van der Waals surface area contributed by atoms with Gasteiger partial charge in [0.1, 0.15) is 6.61 Å². The summed E-state index contributed by atoms with van der Waals surface area (Å²) in [7, 11) is 0. The molecule has 0 unspecified atom stereocenters. The molecule has 0 saturated carbocycles. The summed E-state index contributed by atoms with van der Waals surface area (Å²) in [5.74, 6) is -0.224. The van der Waals surface area contributed by atoms with E-state index in [0.717, 1.165) is 38.5 Å². The largest absolute Gasteiger partial charge is 0.458 e. The van der Waals surface area contributed by atoms with Crippen LogP contribution in [0.3, 0.4) is 0 Å². The SMILES string of the molecule is CCCC=CC=C(CC=C(C)CCC=C(C)C)C(=O)OCC=C(C)CCC=C(C)C. The highest BCUT2D eigenvalue weighted by molar-refractivity contribution is 5.89. The topological polar surface area (TPSA) is 26.3 Å². The summed E-state index contributed by atoms with van der Waals surface area (Å²) in [5.41, 5.74) is 5.95. The Labute approximate surface area is 186 Å². The quantitative estimate of drug-likeness (QED) is 0.124. The van der Waals surface area contributed by atoms with E-state index in [9.17, 15) is 4.79 Å². The Morgan fingerprint density at radius 3 is 1.87 bits per heavy atom. The number of allylic oxidation sites excluding steroid dienone is 10. The second kappa shape index (κ2) is 17.7. The van der Waals surface area contributed by atoms with Crippen LogP contribution in [0.1, 0.15) is 93.4 Å². The van der Waals surface area contributed by atoms with Crippen LogP contribution in [-0.4, -0.2) is 12.6 Å². The van der Waals surface area contributed by atoms with Crippen LogP contribution >= 0.6 is 0 Å². The lowest BCUT2D eigenvalue weighted by molar-refractivity contribution is -0.137. The fraction of sp³-hybridized carbons (Fsp3) is 0.536. The Hall–Kier alpha value is -2.09. The maximum atomic E-state index is 12.6. The second-order valence-corrected chi connectivity index (χ2v) is 8.45. The van der Waals surface area contributed by atoms with Crippen LogP contribution in [0.5, 0.6) is 0 Å². The maximum absolute atomic E-state index is 12.6. The van der Waals surface area contributed by atoms with E-state index in [4.69, 9.17) is 4.74 Å². The van der Waals surface area contributed by atoms with Gasteiger partial charge in [-0.1, -0.05) is 72.1 Å². The van der Waals surface area contributed by atoms with Gasteiger partial charge in [0.25, 0.3) is 0 Å². The van der Waals surface area contributed by atoms with Crippen molar-refractivity contribution in [1.29, 1.82) is 0 Å². The molecule has 0 N–H and O–H groups in total. The number of rotatable bonds is 14. The normalized spacial score (nSPS) is 12.8. The van der Waals surface area contributed by atoms with Crippen LogP contribution in [0, 0.1) is 0 Å². The summed E-state index contributed by atoms with van der Waals surface area (Å²) < 4.78 is 5.53.